The van der Waals surface area contributed by atoms with Gasteiger partial charge in [-0.3, -0.25) is 14.4 Å². The van der Waals surface area contributed by atoms with Gasteiger partial charge in [0.05, 0.1) is 5.92 Å². The van der Waals surface area contributed by atoms with Crippen molar-refractivity contribution in [3.05, 3.63) is 11.6 Å². The van der Waals surface area contributed by atoms with E-state index in [0.717, 1.165) is 50.5 Å². The number of carboxylic acids is 1. The minimum Gasteiger partial charge on any atom is -0.481 e. The zero-order valence-corrected chi connectivity index (χ0v) is 18.0. The smallest absolute Gasteiger partial charge is 0.307 e. The molecule has 3 fully saturated rings. The molecule has 1 saturated heterocycles. The summed E-state index contributed by atoms with van der Waals surface area (Å²) in [6.07, 6.45) is 9.36. The lowest BCUT2D eigenvalue weighted by atomic mass is 9.53. The van der Waals surface area contributed by atoms with Crippen molar-refractivity contribution in [1.29, 1.82) is 0 Å². The van der Waals surface area contributed by atoms with Gasteiger partial charge < -0.3 is 9.84 Å². The van der Waals surface area contributed by atoms with Crippen LogP contribution >= 0.6 is 0 Å². The summed E-state index contributed by atoms with van der Waals surface area (Å²) < 4.78 is 6.00. The molecule has 5 nitrogen and oxygen atoms in total. The number of hydrogen-bond donors (Lipinski definition) is 1. The van der Waals surface area contributed by atoms with E-state index in [2.05, 4.69) is 20.8 Å². The average Bonchev–Trinajstić information content (AvgIpc) is 3.16. The van der Waals surface area contributed by atoms with Crippen LogP contribution in [-0.4, -0.2) is 28.4 Å². The van der Waals surface area contributed by atoms with Crippen LogP contribution in [0.1, 0.15) is 85.0 Å². The molecule has 0 radical (unpaired) electrons. The lowest BCUT2D eigenvalue weighted by Gasteiger charge is -2.52. The number of rotatable bonds is 4. The zero-order chi connectivity index (χ0) is 21.0. The minimum atomic E-state index is -0.751. The Morgan fingerprint density at radius 3 is 2.59 bits per heavy atom. The Morgan fingerprint density at radius 2 is 1.97 bits per heavy atom. The predicted molar refractivity (Wildman–Crippen MR) is 108 cm³/mol. The van der Waals surface area contributed by atoms with E-state index >= 15 is 0 Å². The van der Waals surface area contributed by atoms with Crippen LogP contribution in [0.2, 0.25) is 0 Å². The molecule has 1 aliphatic heterocycles. The van der Waals surface area contributed by atoms with Crippen LogP contribution in [0.5, 0.6) is 0 Å². The predicted octanol–water partition coefficient (Wildman–Crippen LogP) is 4.69. The van der Waals surface area contributed by atoms with E-state index in [1.54, 1.807) is 6.08 Å². The molecule has 3 aliphatic carbocycles. The number of carbonyl (C=O) groups is 3. The molecule has 4 aliphatic rings. The molecule has 0 aromatic rings. The van der Waals surface area contributed by atoms with Gasteiger partial charge in [-0.05, 0) is 68.3 Å². The van der Waals surface area contributed by atoms with Gasteiger partial charge in [-0.15, -0.1) is 0 Å². The summed E-state index contributed by atoms with van der Waals surface area (Å²) in [4.78, 5) is 36.4. The quantitative estimate of drug-likeness (QED) is 0.690. The van der Waals surface area contributed by atoms with Crippen molar-refractivity contribution in [3.63, 3.8) is 0 Å². The van der Waals surface area contributed by atoms with Crippen molar-refractivity contribution in [2.24, 2.45) is 28.6 Å². The fourth-order valence-corrected chi connectivity index (χ4v) is 7.43. The highest BCUT2D eigenvalue weighted by molar-refractivity contribution is 5.91. The first kappa shape index (κ1) is 20.6. The van der Waals surface area contributed by atoms with Gasteiger partial charge in [-0.2, -0.15) is 0 Å². The molecule has 160 valence electrons. The number of carbonyl (C=O) groups excluding carboxylic acids is 2. The number of aliphatic carboxylic acids is 1. The van der Waals surface area contributed by atoms with E-state index < -0.39 is 17.5 Å². The van der Waals surface area contributed by atoms with Crippen LogP contribution in [0, 0.1) is 28.6 Å². The number of ketones is 1. The molecule has 0 bridgehead atoms. The molecule has 2 saturated carbocycles. The molecule has 1 N–H and O–H groups in total. The molecule has 5 heteroatoms. The fourth-order valence-electron chi connectivity index (χ4n) is 7.43. The number of esters is 1. The summed E-state index contributed by atoms with van der Waals surface area (Å²) >= 11 is 0. The normalized spacial score (nSPS) is 44.5. The van der Waals surface area contributed by atoms with Crippen LogP contribution < -0.4 is 0 Å². The molecule has 29 heavy (non-hydrogen) atoms. The standard InChI is InChI=1S/C24H34O5/c1-4-8-23(3)19(6-10-24(23)11-7-20(26)29-24)18-14-22(2)9-5-16(25)12-15(22)13-17(18)21(27)28/h12,17-19H,4-11,13-14H2,1-3H3,(H,27,28)/t17-,18?,19?,22-,23+,24-/m1/s1. The molecular formula is C24H34O5. The van der Waals surface area contributed by atoms with Gasteiger partial charge in [-0.1, -0.05) is 32.8 Å². The summed E-state index contributed by atoms with van der Waals surface area (Å²) in [5.74, 6) is -0.903. The van der Waals surface area contributed by atoms with E-state index in [0.29, 0.717) is 19.3 Å². The number of ether oxygens (including phenoxy) is 1. The third-order valence-electron chi connectivity index (χ3n) is 9.04. The third kappa shape index (κ3) is 3.07. The summed E-state index contributed by atoms with van der Waals surface area (Å²) in [6, 6.07) is 0. The Hall–Kier alpha value is -1.65. The highest BCUT2D eigenvalue weighted by atomic mass is 16.6. The molecule has 0 aromatic carbocycles. The zero-order valence-electron chi connectivity index (χ0n) is 18.0. The van der Waals surface area contributed by atoms with Gasteiger partial charge >= 0.3 is 11.9 Å². The second kappa shape index (κ2) is 6.95. The summed E-state index contributed by atoms with van der Waals surface area (Å²) in [5, 5.41) is 10.1. The topological polar surface area (TPSA) is 80.7 Å². The number of allylic oxidation sites excluding steroid dienone is 2. The minimum absolute atomic E-state index is 0.0538. The first-order valence-corrected chi connectivity index (χ1v) is 11.3. The Balaban J connectivity index is 1.71. The fraction of sp³-hybridized carbons (Fsp3) is 0.792. The van der Waals surface area contributed by atoms with E-state index in [4.69, 9.17) is 4.74 Å². The monoisotopic (exact) mass is 402 g/mol. The molecular weight excluding hydrogens is 368 g/mol. The van der Waals surface area contributed by atoms with Gasteiger partial charge in [0.15, 0.2) is 5.78 Å². The third-order valence-corrected chi connectivity index (χ3v) is 9.04. The van der Waals surface area contributed by atoms with Crippen molar-refractivity contribution in [3.8, 4) is 0 Å². The summed E-state index contributed by atoms with van der Waals surface area (Å²) in [7, 11) is 0. The maximum absolute atomic E-state index is 12.3. The van der Waals surface area contributed by atoms with Gasteiger partial charge in [0, 0.05) is 18.3 Å². The first-order chi connectivity index (χ1) is 13.6. The van der Waals surface area contributed by atoms with Crippen molar-refractivity contribution in [2.45, 2.75) is 90.6 Å². The maximum Gasteiger partial charge on any atom is 0.307 e. The SMILES string of the molecule is CCC[C@@]1(C)C(C2C[C@@]3(C)CCC(=O)C=C3C[C@H]2C(=O)O)CC[C@@]12CCC(=O)O2. The van der Waals surface area contributed by atoms with Gasteiger partial charge in [-0.25, -0.2) is 0 Å². The second-order valence-corrected chi connectivity index (χ2v) is 10.5. The Morgan fingerprint density at radius 1 is 1.21 bits per heavy atom. The van der Waals surface area contributed by atoms with E-state index in [9.17, 15) is 19.5 Å². The Bertz CT molecular complexity index is 769. The van der Waals surface area contributed by atoms with Gasteiger partial charge in [0.2, 0.25) is 0 Å². The van der Waals surface area contributed by atoms with Gasteiger partial charge in [0.1, 0.15) is 5.60 Å². The summed E-state index contributed by atoms with van der Waals surface area (Å²) in [6.45, 7) is 6.63. The Kier molecular flexibility index (Phi) is 4.94. The molecule has 4 rings (SSSR count). The van der Waals surface area contributed by atoms with E-state index in [1.165, 1.54) is 0 Å². The molecule has 1 heterocycles. The molecule has 0 aromatic heterocycles. The number of fused-ring (bicyclic) bond motifs is 1. The average molecular weight is 403 g/mol. The van der Waals surface area contributed by atoms with Gasteiger partial charge in [0.25, 0.3) is 0 Å². The van der Waals surface area contributed by atoms with Crippen LogP contribution in [0.25, 0.3) is 0 Å². The second-order valence-electron chi connectivity index (χ2n) is 10.5. The van der Waals surface area contributed by atoms with E-state index in [1.807, 2.05) is 0 Å². The first-order valence-electron chi connectivity index (χ1n) is 11.3. The lowest BCUT2D eigenvalue weighted by Crippen LogP contribution is -2.50. The van der Waals surface area contributed by atoms with Crippen LogP contribution in [0.15, 0.2) is 11.6 Å². The molecule has 2 unspecified atom stereocenters. The van der Waals surface area contributed by atoms with Crippen molar-refractivity contribution in [1.82, 2.24) is 0 Å². The van der Waals surface area contributed by atoms with E-state index in [-0.39, 0.29) is 34.4 Å². The Labute approximate surface area is 173 Å². The lowest BCUT2D eigenvalue weighted by molar-refractivity contribution is -0.164. The van der Waals surface area contributed by atoms with Crippen LogP contribution in [-0.2, 0) is 19.1 Å². The van der Waals surface area contributed by atoms with Crippen LogP contribution in [0.3, 0.4) is 0 Å². The van der Waals surface area contributed by atoms with Crippen LogP contribution in [0.4, 0.5) is 0 Å². The molecule has 0 amide bonds. The van der Waals surface area contributed by atoms with Crippen molar-refractivity contribution in [2.75, 3.05) is 0 Å². The van der Waals surface area contributed by atoms with Crippen molar-refractivity contribution >= 4 is 17.7 Å². The van der Waals surface area contributed by atoms with Crippen molar-refractivity contribution < 1.29 is 24.2 Å². The maximum atomic E-state index is 12.3. The largest absolute Gasteiger partial charge is 0.481 e. The molecule has 1 spiro atoms. The molecule has 6 atom stereocenters. The summed E-state index contributed by atoms with van der Waals surface area (Å²) in [5.41, 5.74) is 0.344. The highest BCUT2D eigenvalue weighted by Gasteiger charge is 2.64. The highest BCUT2D eigenvalue weighted by Crippen LogP contribution is 2.65. The number of carboxylic acid groups (broad SMARTS) is 1. The number of hydrogen-bond acceptors (Lipinski definition) is 4.